The molecule has 1 aromatic heterocycles. The minimum absolute atomic E-state index is 0.0600. The van der Waals surface area contributed by atoms with Gasteiger partial charge >= 0.3 is 6.18 Å². The lowest BCUT2D eigenvalue weighted by Crippen LogP contribution is -2.31. The quantitative estimate of drug-likeness (QED) is 0.809. The van der Waals surface area contributed by atoms with Crippen LogP contribution >= 0.6 is 22.9 Å². The fourth-order valence-corrected chi connectivity index (χ4v) is 2.81. The molecule has 0 bridgehead atoms. The molecule has 1 amide bonds. The normalized spacial score (nSPS) is 11.3. The Morgan fingerprint density at radius 3 is 2.65 bits per heavy atom. The average Bonchev–Trinajstić information content (AvgIpc) is 2.98. The number of hydrogen-bond donors (Lipinski definition) is 2. The van der Waals surface area contributed by atoms with Crippen molar-refractivity contribution in [1.29, 1.82) is 0 Å². The molecule has 1 aromatic carbocycles. The van der Waals surface area contributed by atoms with E-state index in [0.29, 0.717) is 6.54 Å². The molecule has 0 saturated carbocycles. The van der Waals surface area contributed by atoms with Gasteiger partial charge in [-0.1, -0.05) is 17.7 Å². The summed E-state index contributed by atoms with van der Waals surface area (Å²) in [7, 11) is 0. The first kappa shape index (κ1) is 17.6. The molecule has 2 N–H and O–H groups in total. The monoisotopic (exact) mass is 362 g/mol. The first-order chi connectivity index (χ1) is 10.9. The van der Waals surface area contributed by atoms with E-state index in [4.69, 9.17) is 11.6 Å². The molecule has 2 aromatic rings. The lowest BCUT2D eigenvalue weighted by atomic mass is 10.2. The molecule has 8 heteroatoms. The molecule has 0 atom stereocenters. The molecule has 0 aliphatic rings. The van der Waals surface area contributed by atoms with Crippen molar-refractivity contribution in [3.8, 4) is 0 Å². The predicted octanol–water partition coefficient (Wildman–Crippen LogP) is 4.19. The van der Waals surface area contributed by atoms with Crippen LogP contribution in [0.25, 0.3) is 0 Å². The van der Waals surface area contributed by atoms with E-state index in [0.717, 1.165) is 18.6 Å². The van der Waals surface area contributed by atoms with Gasteiger partial charge in [0.25, 0.3) is 0 Å². The third-order valence-electron chi connectivity index (χ3n) is 3.01. The van der Waals surface area contributed by atoms with Crippen LogP contribution in [-0.2, 0) is 17.4 Å². The number of nitrogens with one attached hydrogen (secondary N) is 2. The Hall–Kier alpha value is -1.73. The third-order valence-corrected chi connectivity index (χ3v) is 4.26. The maximum absolute atomic E-state index is 12.5. The summed E-state index contributed by atoms with van der Waals surface area (Å²) in [5, 5.41) is 7.34. The zero-order valence-corrected chi connectivity index (χ0v) is 13.5. The van der Waals surface area contributed by atoms with Gasteiger partial charge in [-0.3, -0.25) is 4.79 Å². The number of carbonyl (C=O) groups is 1. The summed E-state index contributed by atoms with van der Waals surface area (Å²) in [5.41, 5.74) is -0.540. The van der Waals surface area contributed by atoms with E-state index < -0.39 is 11.7 Å². The van der Waals surface area contributed by atoms with Crippen molar-refractivity contribution >= 4 is 34.5 Å². The van der Waals surface area contributed by atoms with E-state index in [-0.39, 0.29) is 23.2 Å². The Morgan fingerprint density at radius 2 is 2.04 bits per heavy atom. The summed E-state index contributed by atoms with van der Waals surface area (Å²) in [6.45, 7) is 0.442. The van der Waals surface area contributed by atoms with Crippen molar-refractivity contribution in [3.63, 3.8) is 0 Å². The number of anilines is 1. The first-order valence-electron chi connectivity index (χ1n) is 6.76. The average molecular weight is 363 g/mol. The van der Waals surface area contributed by atoms with Gasteiger partial charge in [0.15, 0.2) is 0 Å². The van der Waals surface area contributed by atoms with Crippen LogP contribution in [-0.4, -0.2) is 19.0 Å². The van der Waals surface area contributed by atoms with Crippen molar-refractivity contribution in [1.82, 2.24) is 5.32 Å². The fourth-order valence-electron chi connectivity index (χ4n) is 1.85. The summed E-state index contributed by atoms with van der Waals surface area (Å²) >= 11 is 7.41. The second-order valence-corrected chi connectivity index (χ2v) is 6.16. The van der Waals surface area contributed by atoms with Crippen molar-refractivity contribution < 1.29 is 18.0 Å². The van der Waals surface area contributed by atoms with E-state index in [1.807, 2.05) is 17.5 Å². The zero-order chi connectivity index (χ0) is 16.9. The second kappa shape index (κ2) is 7.70. The number of halogens is 4. The van der Waals surface area contributed by atoms with Gasteiger partial charge in [0.05, 0.1) is 22.8 Å². The number of alkyl halides is 3. The van der Waals surface area contributed by atoms with Gasteiger partial charge < -0.3 is 10.6 Å². The van der Waals surface area contributed by atoms with Crippen LogP contribution < -0.4 is 10.6 Å². The van der Waals surface area contributed by atoms with Crippen molar-refractivity contribution in [3.05, 3.63) is 51.2 Å². The summed E-state index contributed by atoms with van der Waals surface area (Å²) in [6.07, 6.45) is -3.70. The molecular formula is C15H14ClF3N2OS. The van der Waals surface area contributed by atoms with Gasteiger partial charge in [-0.15, -0.1) is 11.3 Å². The number of benzene rings is 1. The molecule has 0 unspecified atom stereocenters. The van der Waals surface area contributed by atoms with Crippen LogP contribution in [0.15, 0.2) is 35.7 Å². The molecule has 0 spiro atoms. The SMILES string of the molecule is O=C(CNc1ccc(C(F)(F)F)cc1Cl)NCCc1cccs1. The second-order valence-electron chi connectivity index (χ2n) is 4.73. The Labute approximate surface area is 140 Å². The fraction of sp³-hybridized carbons (Fsp3) is 0.267. The third kappa shape index (κ3) is 5.44. The molecule has 0 aliphatic heterocycles. The van der Waals surface area contributed by atoms with Gasteiger partial charge in [-0.25, -0.2) is 0 Å². The molecule has 0 saturated heterocycles. The van der Waals surface area contributed by atoms with Crippen LogP contribution in [0.3, 0.4) is 0 Å². The van der Waals surface area contributed by atoms with Crippen LogP contribution in [0, 0.1) is 0 Å². The lowest BCUT2D eigenvalue weighted by molar-refractivity contribution is -0.137. The topological polar surface area (TPSA) is 41.1 Å². The Kier molecular flexibility index (Phi) is 5.90. The van der Waals surface area contributed by atoms with E-state index >= 15 is 0 Å². The van der Waals surface area contributed by atoms with Gasteiger partial charge in [0, 0.05) is 11.4 Å². The summed E-state index contributed by atoms with van der Waals surface area (Å²) < 4.78 is 37.6. The lowest BCUT2D eigenvalue weighted by Gasteiger charge is -2.12. The highest BCUT2D eigenvalue weighted by molar-refractivity contribution is 7.09. The highest BCUT2D eigenvalue weighted by atomic mass is 35.5. The molecular weight excluding hydrogens is 349 g/mol. The number of carbonyl (C=O) groups excluding carboxylic acids is 1. The maximum Gasteiger partial charge on any atom is 0.416 e. The Bertz CT molecular complexity index is 659. The standard InChI is InChI=1S/C15H14ClF3N2OS/c16-12-8-10(15(17,18)19)3-4-13(12)21-9-14(22)20-6-5-11-2-1-7-23-11/h1-4,7-8,21H,5-6,9H2,(H,20,22). The number of hydrogen-bond acceptors (Lipinski definition) is 3. The molecule has 0 radical (unpaired) electrons. The van der Waals surface area contributed by atoms with Crippen molar-refractivity contribution in [2.45, 2.75) is 12.6 Å². The van der Waals surface area contributed by atoms with Crippen LogP contribution in [0.5, 0.6) is 0 Å². The van der Waals surface area contributed by atoms with E-state index in [1.165, 1.54) is 10.9 Å². The number of rotatable bonds is 6. The number of amides is 1. The van der Waals surface area contributed by atoms with E-state index in [9.17, 15) is 18.0 Å². The molecule has 0 aliphatic carbocycles. The van der Waals surface area contributed by atoms with Crippen LogP contribution in [0.1, 0.15) is 10.4 Å². The molecule has 2 rings (SSSR count). The zero-order valence-electron chi connectivity index (χ0n) is 11.9. The summed E-state index contributed by atoms with van der Waals surface area (Å²) in [5.74, 6) is -0.252. The predicted molar refractivity (Wildman–Crippen MR) is 86.0 cm³/mol. The minimum Gasteiger partial charge on any atom is -0.375 e. The van der Waals surface area contributed by atoms with Crippen LogP contribution in [0.2, 0.25) is 5.02 Å². The molecule has 3 nitrogen and oxygen atoms in total. The van der Waals surface area contributed by atoms with Crippen molar-refractivity contribution in [2.75, 3.05) is 18.4 Å². The highest BCUT2D eigenvalue weighted by Gasteiger charge is 2.30. The summed E-state index contributed by atoms with van der Waals surface area (Å²) in [4.78, 5) is 12.9. The molecule has 0 fully saturated rings. The van der Waals surface area contributed by atoms with E-state index in [1.54, 1.807) is 11.3 Å². The molecule has 1 heterocycles. The maximum atomic E-state index is 12.5. The van der Waals surface area contributed by atoms with Gasteiger partial charge in [-0.2, -0.15) is 13.2 Å². The highest BCUT2D eigenvalue weighted by Crippen LogP contribution is 2.33. The van der Waals surface area contributed by atoms with Gasteiger partial charge in [0.1, 0.15) is 0 Å². The van der Waals surface area contributed by atoms with Crippen LogP contribution in [0.4, 0.5) is 18.9 Å². The number of thiophene rings is 1. The molecule has 23 heavy (non-hydrogen) atoms. The van der Waals surface area contributed by atoms with Gasteiger partial charge in [0.2, 0.25) is 5.91 Å². The van der Waals surface area contributed by atoms with Gasteiger partial charge in [-0.05, 0) is 36.1 Å². The van der Waals surface area contributed by atoms with Crippen molar-refractivity contribution in [2.24, 2.45) is 0 Å². The molecule has 124 valence electrons. The Morgan fingerprint density at radius 1 is 1.26 bits per heavy atom. The minimum atomic E-state index is -4.44. The first-order valence-corrected chi connectivity index (χ1v) is 8.02. The summed E-state index contributed by atoms with van der Waals surface area (Å²) in [6, 6.07) is 6.89. The largest absolute Gasteiger partial charge is 0.416 e. The van der Waals surface area contributed by atoms with E-state index in [2.05, 4.69) is 10.6 Å². The Balaban J connectivity index is 1.80. The smallest absolute Gasteiger partial charge is 0.375 e.